The van der Waals surface area contributed by atoms with Crippen molar-refractivity contribution in [1.82, 2.24) is 9.55 Å². The molecule has 0 saturated carbocycles. The van der Waals surface area contributed by atoms with Crippen LogP contribution < -0.4 is 4.57 Å². The molecule has 0 saturated heterocycles. The highest BCUT2D eigenvalue weighted by molar-refractivity contribution is 6.09. The third-order valence-corrected chi connectivity index (χ3v) is 7.40. The lowest BCUT2D eigenvalue weighted by Gasteiger charge is -2.18. The van der Waals surface area contributed by atoms with Crippen molar-refractivity contribution in [3.63, 3.8) is 0 Å². The van der Waals surface area contributed by atoms with Crippen molar-refractivity contribution < 1.29 is 25.4 Å². The molecule has 0 aliphatic heterocycles. The van der Waals surface area contributed by atoms with Gasteiger partial charge in [0.15, 0.2) is 16.6 Å². The molecular weight excluding hydrogens is 478 g/mol. The molecule has 198 valence electrons. The molecule has 4 nitrogen and oxygen atoms in total. The first-order chi connectivity index (χ1) is 23.3. The van der Waals surface area contributed by atoms with Gasteiger partial charge in [-0.2, -0.15) is 4.57 Å². The van der Waals surface area contributed by atoms with E-state index in [1.165, 1.54) is 45.0 Å². The van der Waals surface area contributed by atoms with Crippen molar-refractivity contribution >= 4 is 33.1 Å². The zero-order chi connectivity index (χ0) is 37.9. The van der Waals surface area contributed by atoms with E-state index in [0.29, 0.717) is 38.8 Å². The quantitative estimate of drug-likeness (QED) is 0.209. The van der Waals surface area contributed by atoms with Gasteiger partial charge in [0, 0.05) is 44.0 Å². The van der Waals surface area contributed by atoms with Crippen LogP contribution in [0.2, 0.25) is 0 Å². The van der Waals surface area contributed by atoms with Gasteiger partial charge in [0.05, 0.1) is 7.05 Å². The minimum atomic E-state index is -2.84. The second kappa shape index (κ2) is 9.37. The SMILES string of the molecule is [2H]C([2H])([2H])C([2H])(C)c1ccc2c(n1)oc1c(-c3n(-c4c(C([2H])(C)C([2H])([2H])[2H])cccc4C([2H])(C)C([2H])([2H])[2H])c4ccccc4[n+]3C)c(C)ccc12. The van der Waals surface area contributed by atoms with E-state index in [9.17, 15) is 2.74 Å². The second-order valence-electron chi connectivity index (χ2n) is 10.1. The molecule has 0 radical (unpaired) electrons. The van der Waals surface area contributed by atoms with Gasteiger partial charge in [0.1, 0.15) is 11.3 Å². The molecule has 39 heavy (non-hydrogen) atoms. The fourth-order valence-corrected chi connectivity index (χ4v) is 5.52. The van der Waals surface area contributed by atoms with E-state index in [4.69, 9.17) is 18.1 Å². The summed E-state index contributed by atoms with van der Waals surface area (Å²) in [7, 11) is 1.81. The van der Waals surface area contributed by atoms with E-state index < -0.39 is 38.2 Å². The number of aromatic nitrogens is 3. The zero-order valence-electron chi connectivity index (χ0n) is 34.6. The molecule has 3 unspecified atom stereocenters. The number of benzene rings is 3. The van der Waals surface area contributed by atoms with Crippen LogP contribution in [0.25, 0.3) is 50.2 Å². The highest BCUT2D eigenvalue weighted by Gasteiger charge is 2.33. The Hall–Kier alpha value is -3.92. The Bertz CT molecular complexity index is 2300. The minimum absolute atomic E-state index is 0.00404. The van der Waals surface area contributed by atoms with Crippen LogP contribution in [0.4, 0.5) is 0 Å². The highest BCUT2D eigenvalue weighted by atomic mass is 16.3. The maximum absolute atomic E-state index is 9.25. The summed E-state index contributed by atoms with van der Waals surface area (Å²) >= 11 is 0. The first-order valence-electron chi connectivity index (χ1n) is 18.8. The van der Waals surface area contributed by atoms with Gasteiger partial charge in [-0.3, -0.25) is 0 Å². The number of para-hydroxylation sites is 3. The normalized spacial score (nSPS) is 22.3. The summed E-state index contributed by atoms with van der Waals surface area (Å²) < 4.78 is 111. The molecule has 0 N–H and O–H groups in total. The molecule has 0 amide bonds. The van der Waals surface area contributed by atoms with Crippen LogP contribution >= 0.6 is 0 Å². The fraction of sp³-hybridized carbons (Fsp3) is 0.314. The molecule has 0 aliphatic rings. The van der Waals surface area contributed by atoms with Gasteiger partial charge in [0.2, 0.25) is 5.71 Å². The number of rotatable bonds is 5. The lowest BCUT2D eigenvalue weighted by atomic mass is 9.92. The van der Waals surface area contributed by atoms with Crippen molar-refractivity contribution in [2.75, 3.05) is 0 Å². The van der Waals surface area contributed by atoms with Crippen LogP contribution in [-0.4, -0.2) is 9.55 Å². The average Bonchev–Trinajstić information content (AvgIpc) is 3.53. The first kappa shape index (κ1) is 15.0. The molecule has 3 atom stereocenters. The Morgan fingerprint density at radius 2 is 1.54 bits per heavy atom. The van der Waals surface area contributed by atoms with Gasteiger partial charge in [-0.05, 0) is 54.4 Å². The molecule has 0 bridgehead atoms. The number of pyridine rings is 1. The van der Waals surface area contributed by atoms with E-state index in [1.807, 2.05) is 42.8 Å². The van der Waals surface area contributed by atoms with E-state index >= 15 is 0 Å². The maximum Gasteiger partial charge on any atom is 0.299 e. The molecule has 0 fully saturated rings. The molecule has 3 aromatic heterocycles. The number of nitrogens with zero attached hydrogens (tertiary/aromatic N) is 3. The van der Waals surface area contributed by atoms with Gasteiger partial charge in [-0.1, -0.05) is 83.8 Å². The van der Waals surface area contributed by atoms with Crippen LogP contribution in [0.1, 0.15) is 97.8 Å². The van der Waals surface area contributed by atoms with E-state index in [2.05, 4.69) is 4.98 Å². The lowest BCUT2D eigenvalue weighted by molar-refractivity contribution is -0.633. The number of hydrogen-bond acceptors (Lipinski definition) is 2. The van der Waals surface area contributed by atoms with Crippen LogP contribution in [0.5, 0.6) is 0 Å². The number of imidazole rings is 1. The minimum Gasteiger partial charge on any atom is -0.437 e. The smallest absolute Gasteiger partial charge is 0.299 e. The van der Waals surface area contributed by atoms with Crippen LogP contribution in [0.15, 0.2) is 71.1 Å². The third kappa shape index (κ3) is 3.88. The average molecular weight is 529 g/mol. The van der Waals surface area contributed by atoms with Crippen molar-refractivity contribution in [2.24, 2.45) is 7.05 Å². The number of aryl methyl sites for hydroxylation is 2. The van der Waals surface area contributed by atoms with Gasteiger partial charge < -0.3 is 4.42 Å². The zero-order valence-corrected chi connectivity index (χ0v) is 22.6. The van der Waals surface area contributed by atoms with E-state index in [-0.39, 0.29) is 28.2 Å². The topological polar surface area (TPSA) is 34.8 Å². The second-order valence-corrected chi connectivity index (χ2v) is 10.1. The largest absolute Gasteiger partial charge is 0.437 e. The molecule has 3 heterocycles. The summed E-state index contributed by atoms with van der Waals surface area (Å²) in [5.41, 5.74) is 3.09. The Morgan fingerprint density at radius 3 is 2.26 bits per heavy atom. The van der Waals surface area contributed by atoms with Crippen LogP contribution in [0.3, 0.4) is 0 Å². The molecule has 3 aromatic carbocycles. The summed E-state index contributed by atoms with van der Waals surface area (Å²) in [5, 5.41) is 1.21. The molecular formula is C35H38N3O+. The Balaban J connectivity index is 1.81. The summed E-state index contributed by atoms with van der Waals surface area (Å²) in [6, 6.07) is 18.7. The maximum atomic E-state index is 9.25. The molecule has 0 aliphatic carbocycles. The molecule has 4 heteroatoms. The van der Waals surface area contributed by atoms with Crippen LogP contribution in [0, 0.1) is 6.92 Å². The lowest BCUT2D eigenvalue weighted by Crippen LogP contribution is -2.30. The number of furan rings is 1. The monoisotopic (exact) mass is 528 g/mol. The Labute approximate surface area is 247 Å². The molecule has 6 rings (SSSR count). The van der Waals surface area contributed by atoms with Gasteiger partial charge in [-0.25, -0.2) is 9.55 Å². The number of fused-ring (bicyclic) bond motifs is 4. The van der Waals surface area contributed by atoms with Crippen molar-refractivity contribution in [3.8, 4) is 17.1 Å². The van der Waals surface area contributed by atoms with Crippen molar-refractivity contribution in [2.45, 2.75) is 65.9 Å². The standard InChI is InChI=1S/C35H38N3O/c1-20(2)24-12-11-13-25(21(3)4)32(24)38-30-15-10-9-14-29(30)37(8)35(38)31-23(7)16-17-26-27-18-19-28(22(5)6)36-34(27)39-33(26)31/h9-22H,1-8H3/q+1/i1D3,3D3,5D3,20D,21D,22D. The van der Waals surface area contributed by atoms with Crippen molar-refractivity contribution in [3.05, 3.63) is 89.1 Å². The predicted molar refractivity (Wildman–Crippen MR) is 162 cm³/mol. The predicted octanol–water partition coefficient (Wildman–Crippen LogP) is 9.10. The molecule has 6 aromatic rings. The fourth-order valence-electron chi connectivity index (χ4n) is 5.52. The van der Waals surface area contributed by atoms with Crippen LogP contribution in [-0.2, 0) is 7.05 Å². The Kier molecular flexibility index (Phi) is 3.61. The summed E-state index contributed by atoms with van der Waals surface area (Å²) in [6.07, 6.45) is 0. The van der Waals surface area contributed by atoms with Crippen molar-refractivity contribution in [1.29, 1.82) is 0 Å². The third-order valence-electron chi connectivity index (χ3n) is 7.40. The Morgan fingerprint density at radius 1 is 0.846 bits per heavy atom. The van der Waals surface area contributed by atoms with Gasteiger partial charge >= 0.3 is 0 Å². The number of hydrogen-bond donors (Lipinski definition) is 0. The highest BCUT2D eigenvalue weighted by Crippen LogP contribution is 2.41. The van der Waals surface area contributed by atoms with E-state index in [1.54, 1.807) is 22.8 Å². The first-order valence-corrected chi connectivity index (χ1v) is 12.8. The van der Waals surface area contributed by atoms with E-state index in [0.717, 1.165) is 5.56 Å². The summed E-state index contributed by atoms with van der Waals surface area (Å²) in [6.45, 7) is -2.69. The van der Waals surface area contributed by atoms with Gasteiger partial charge in [0.25, 0.3) is 5.82 Å². The van der Waals surface area contributed by atoms with Gasteiger partial charge in [-0.15, -0.1) is 0 Å². The summed E-state index contributed by atoms with van der Waals surface area (Å²) in [4.78, 5) is 4.51. The molecule has 0 spiro atoms. The summed E-state index contributed by atoms with van der Waals surface area (Å²) in [5.74, 6) is -6.05.